The third kappa shape index (κ3) is 7.28. The van der Waals surface area contributed by atoms with E-state index in [1.54, 1.807) is 36.5 Å². The molecule has 7 nitrogen and oxygen atoms in total. The number of fused-ring (bicyclic) bond motifs is 1. The minimum atomic E-state index is -3.51. The lowest BCUT2D eigenvalue weighted by Crippen LogP contribution is -2.50. The van der Waals surface area contributed by atoms with Crippen LogP contribution in [0.2, 0.25) is 0 Å². The zero-order valence-corrected chi connectivity index (χ0v) is 23.0. The highest BCUT2D eigenvalue weighted by atomic mass is 32.2. The number of pyridine rings is 1. The van der Waals surface area contributed by atoms with Crippen molar-refractivity contribution in [1.29, 1.82) is 0 Å². The van der Waals surface area contributed by atoms with Gasteiger partial charge in [0.1, 0.15) is 0 Å². The topological polar surface area (TPSA) is 91.4 Å². The monoisotopic (exact) mass is 534 g/mol. The fraction of sp³-hybridized carbons (Fsp3) is 0.400. The number of sulfonamides is 1. The van der Waals surface area contributed by atoms with Gasteiger partial charge in [0.15, 0.2) is 0 Å². The van der Waals surface area contributed by atoms with Gasteiger partial charge in [0.2, 0.25) is 15.9 Å². The summed E-state index contributed by atoms with van der Waals surface area (Å²) in [7, 11) is 0.331. The third-order valence-electron chi connectivity index (χ3n) is 7.35. The average molecular weight is 535 g/mol. The number of rotatable bonds is 12. The molecule has 0 aliphatic heterocycles. The number of nitrogens with one attached hydrogen (secondary N) is 2. The molecule has 1 amide bonds. The Bertz CT molecular complexity index is 1280. The summed E-state index contributed by atoms with van der Waals surface area (Å²) in [6, 6.07) is 20.7. The molecule has 0 spiro atoms. The second-order valence-corrected chi connectivity index (χ2v) is 12.0. The summed E-state index contributed by atoms with van der Waals surface area (Å²) in [4.78, 5) is 20.0. The Morgan fingerprint density at radius 3 is 2.53 bits per heavy atom. The van der Waals surface area contributed by atoms with E-state index in [0.717, 1.165) is 31.2 Å². The molecule has 1 heterocycles. The zero-order valence-electron chi connectivity index (χ0n) is 22.2. The number of benzene rings is 2. The van der Waals surface area contributed by atoms with Gasteiger partial charge in [-0.2, -0.15) is 0 Å². The van der Waals surface area contributed by atoms with Gasteiger partial charge in [0.05, 0.1) is 10.9 Å². The number of unbranched alkanes of at least 4 members (excludes halogenated alkanes) is 1. The Kier molecular flexibility index (Phi) is 9.66. The first-order valence-electron chi connectivity index (χ1n) is 13.3. The first kappa shape index (κ1) is 28.0. The summed E-state index contributed by atoms with van der Waals surface area (Å²) in [6.07, 6.45) is 8.40. The van der Waals surface area contributed by atoms with E-state index in [2.05, 4.69) is 45.4 Å². The number of nitrogens with zero attached hydrogens (tertiary/aromatic N) is 2. The summed E-state index contributed by atoms with van der Waals surface area (Å²) < 4.78 is 27.5. The molecule has 0 bridgehead atoms. The van der Waals surface area contributed by atoms with E-state index in [9.17, 15) is 13.2 Å². The van der Waals surface area contributed by atoms with Gasteiger partial charge in [-0.3, -0.25) is 14.7 Å². The number of aromatic nitrogens is 1. The molecule has 2 N–H and O–H groups in total. The van der Waals surface area contributed by atoms with E-state index in [4.69, 9.17) is 0 Å². The zero-order chi connectivity index (χ0) is 27.0. The Hall–Kier alpha value is -3.07. The van der Waals surface area contributed by atoms with Crippen molar-refractivity contribution in [2.75, 3.05) is 20.6 Å². The number of likely N-dealkylation sites (N-methyl/N-ethyl adjacent to an activating group) is 1. The van der Waals surface area contributed by atoms with Gasteiger partial charge in [-0.15, -0.1) is 0 Å². The minimum Gasteiger partial charge on any atom is -0.351 e. The molecule has 1 aromatic heterocycles. The number of carbonyl (C=O) groups excluding carboxylic acids is 1. The summed E-state index contributed by atoms with van der Waals surface area (Å²) in [5, 5.41) is 3.39. The van der Waals surface area contributed by atoms with Gasteiger partial charge in [-0.25, -0.2) is 13.1 Å². The SMILES string of the molecule is CN(C)C(CCCCNS(=O)(=O)c1ccccc1)C(=O)NC1CCc2ccccc2[C@@H]1Cc1cccnc1. The maximum Gasteiger partial charge on any atom is 0.240 e. The molecule has 202 valence electrons. The standard InChI is InChI=1S/C30H38N4O3S/c1-34(2)29(16-8-9-20-32-38(36,37)25-13-4-3-5-14-25)30(35)33-28-18-17-24-12-6-7-15-26(24)27(28)21-23-11-10-19-31-22-23/h3-7,10-15,19,22,27-29,32H,8-9,16-18,20-21H2,1-2H3,(H,33,35)/t27-,28?,29?/m0/s1. The Morgan fingerprint density at radius 1 is 1.03 bits per heavy atom. The van der Waals surface area contributed by atoms with Gasteiger partial charge in [0, 0.05) is 30.9 Å². The molecule has 8 heteroatoms. The molecule has 2 unspecified atom stereocenters. The van der Waals surface area contributed by atoms with Crippen molar-refractivity contribution in [3.63, 3.8) is 0 Å². The van der Waals surface area contributed by atoms with Crippen LogP contribution in [-0.4, -0.2) is 56.9 Å². The number of hydrogen-bond donors (Lipinski definition) is 2. The number of amides is 1. The first-order chi connectivity index (χ1) is 18.3. The Labute approximate surface area is 226 Å². The van der Waals surface area contributed by atoms with Gasteiger partial charge < -0.3 is 5.32 Å². The van der Waals surface area contributed by atoms with Crippen LogP contribution in [0.1, 0.15) is 48.3 Å². The van der Waals surface area contributed by atoms with E-state index in [1.165, 1.54) is 11.1 Å². The maximum atomic E-state index is 13.5. The molecular weight excluding hydrogens is 496 g/mol. The molecule has 1 aliphatic carbocycles. The second-order valence-electron chi connectivity index (χ2n) is 10.2. The maximum absolute atomic E-state index is 13.5. The molecule has 0 radical (unpaired) electrons. The summed E-state index contributed by atoms with van der Waals surface area (Å²) in [6.45, 7) is 0.339. The highest BCUT2D eigenvalue weighted by molar-refractivity contribution is 7.89. The molecular formula is C30H38N4O3S. The van der Waals surface area contributed by atoms with Crippen molar-refractivity contribution in [3.05, 3.63) is 95.8 Å². The van der Waals surface area contributed by atoms with Gasteiger partial charge in [0.25, 0.3) is 0 Å². The molecule has 0 saturated heterocycles. The molecule has 2 aromatic carbocycles. The second kappa shape index (κ2) is 13.1. The van der Waals surface area contributed by atoms with Crippen LogP contribution in [-0.2, 0) is 27.7 Å². The van der Waals surface area contributed by atoms with Crippen LogP contribution in [0.3, 0.4) is 0 Å². The number of carbonyl (C=O) groups is 1. The molecule has 0 saturated carbocycles. The van der Waals surface area contributed by atoms with Crippen molar-refractivity contribution in [1.82, 2.24) is 19.9 Å². The van der Waals surface area contributed by atoms with Crippen LogP contribution in [0, 0.1) is 0 Å². The predicted octanol–water partition coefficient (Wildman–Crippen LogP) is 3.92. The van der Waals surface area contributed by atoms with E-state index in [-0.39, 0.29) is 28.8 Å². The van der Waals surface area contributed by atoms with Crippen molar-refractivity contribution in [2.24, 2.45) is 0 Å². The number of aryl methyl sites for hydroxylation is 1. The number of hydrogen-bond acceptors (Lipinski definition) is 5. The third-order valence-corrected chi connectivity index (χ3v) is 8.82. The Balaban J connectivity index is 1.35. The lowest BCUT2D eigenvalue weighted by molar-refractivity contribution is -0.126. The van der Waals surface area contributed by atoms with Gasteiger partial charge >= 0.3 is 0 Å². The van der Waals surface area contributed by atoms with E-state index >= 15 is 0 Å². The highest BCUT2D eigenvalue weighted by Crippen LogP contribution is 2.34. The van der Waals surface area contributed by atoms with Gasteiger partial charge in [-0.05, 0) is 81.1 Å². The average Bonchev–Trinajstić information content (AvgIpc) is 2.92. The normalized spacial score (nSPS) is 18.1. The van der Waals surface area contributed by atoms with E-state index in [1.807, 2.05) is 31.3 Å². The van der Waals surface area contributed by atoms with Gasteiger partial charge in [-0.1, -0.05) is 55.0 Å². The molecule has 4 rings (SSSR count). The Morgan fingerprint density at radius 2 is 1.79 bits per heavy atom. The molecule has 0 fully saturated rings. The first-order valence-corrected chi connectivity index (χ1v) is 14.8. The highest BCUT2D eigenvalue weighted by Gasteiger charge is 2.32. The van der Waals surface area contributed by atoms with Crippen molar-refractivity contribution in [3.8, 4) is 0 Å². The van der Waals surface area contributed by atoms with Crippen molar-refractivity contribution in [2.45, 2.75) is 61.4 Å². The van der Waals surface area contributed by atoms with Crippen molar-refractivity contribution < 1.29 is 13.2 Å². The summed E-state index contributed by atoms with van der Waals surface area (Å²) in [5.41, 5.74) is 3.82. The lowest BCUT2D eigenvalue weighted by atomic mass is 9.76. The molecule has 38 heavy (non-hydrogen) atoms. The van der Waals surface area contributed by atoms with Crippen LogP contribution in [0.25, 0.3) is 0 Å². The molecule has 3 aromatic rings. The van der Waals surface area contributed by atoms with Crippen LogP contribution in [0.5, 0.6) is 0 Å². The predicted molar refractivity (Wildman–Crippen MR) is 150 cm³/mol. The van der Waals surface area contributed by atoms with Crippen LogP contribution in [0.4, 0.5) is 0 Å². The fourth-order valence-electron chi connectivity index (χ4n) is 5.31. The van der Waals surface area contributed by atoms with E-state index < -0.39 is 10.0 Å². The minimum absolute atomic E-state index is 0.0282. The van der Waals surface area contributed by atoms with Crippen LogP contribution < -0.4 is 10.0 Å². The van der Waals surface area contributed by atoms with E-state index in [0.29, 0.717) is 19.4 Å². The quantitative estimate of drug-likeness (QED) is 0.344. The smallest absolute Gasteiger partial charge is 0.240 e. The van der Waals surface area contributed by atoms with Crippen LogP contribution >= 0.6 is 0 Å². The molecule has 1 aliphatic rings. The van der Waals surface area contributed by atoms with Crippen molar-refractivity contribution >= 4 is 15.9 Å². The lowest BCUT2D eigenvalue weighted by Gasteiger charge is -2.36. The largest absolute Gasteiger partial charge is 0.351 e. The fourth-order valence-corrected chi connectivity index (χ4v) is 6.40. The summed E-state index contributed by atoms with van der Waals surface area (Å²) in [5.74, 6) is 0.212. The summed E-state index contributed by atoms with van der Waals surface area (Å²) >= 11 is 0. The van der Waals surface area contributed by atoms with Crippen LogP contribution in [0.15, 0.2) is 84.0 Å². The molecule has 3 atom stereocenters.